The van der Waals surface area contributed by atoms with Gasteiger partial charge in [0, 0.05) is 44.3 Å². The summed E-state index contributed by atoms with van der Waals surface area (Å²) in [7, 11) is -3.38. The fraction of sp³-hybridized carbons (Fsp3) is 0.633. The molecular formula is C30H38N4O5S. The van der Waals surface area contributed by atoms with E-state index in [2.05, 4.69) is 9.62 Å². The predicted octanol–water partition coefficient (Wildman–Crippen LogP) is 2.08. The summed E-state index contributed by atoms with van der Waals surface area (Å²) in [5, 5.41) is 1.09. The van der Waals surface area contributed by atoms with Gasteiger partial charge in [0.05, 0.1) is 23.6 Å². The molecule has 9 nitrogen and oxygen atoms in total. The van der Waals surface area contributed by atoms with Crippen molar-refractivity contribution in [1.82, 2.24) is 19.1 Å². The number of para-hydroxylation sites is 1. The van der Waals surface area contributed by atoms with Gasteiger partial charge in [-0.2, -0.15) is 0 Å². The Bertz CT molecular complexity index is 1530. The maximum atomic E-state index is 13.4. The molecule has 5 fully saturated rings. The van der Waals surface area contributed by atoms with Gasteiger partial charge in [0.1, 0.15) is 0 Å². The van der Waals surface area contributed by atoms with Gasteiger partial charge in [0.2, 0.25) is 21.8 Å². The zero-order chi connectivity index (χ0) is 27.9. The molecule has 3 aliphatic carbocycles. The van der Waals surface area contributed by atoms with E-state index in [1.807, 2.05) is 41.8 Å². The summed E-state index contributed by atoms with van der Waals surface area (Å²) in [6, 6.07) is 11.6. The number of fused-ring (bicyclic) bond motifs is 6. The Kier molecular flexibility index (Phi) is 6.25. The van der Waals surface area contributed by atoms with E-state index < -0.39 is 10.0 Å². The highest BCUT2D eigenvalue weighted by atomic mass is 32.2. The smallest absolute Gasteiger partial charge is 0.251 e. The van der Waals surface area contributed by atoms with Crippen LogP contribution in [0.4, 0.5) is 0 Å². The summed E-state index contributed by atoms with van der Waals surface area (Å²) in [5.74, 6) is 0.0894. The quantitative estimate of drug-likeness (QED) is 0.514. The van der Waals surface area contributed by atoms with Crippen LogP contribution in [0.2, 0.25) is 0 Å². The van der Waals surface area contributed by atoms with Crippen molar-refractivity contribution in [3.8, 4) is 0 Å². The lowest BCUT2D eigenvalue weighted by atomic mass is 9.73. The number of sulfonamides is 1. The Labute approximate surface area is 234 Å². The molecule has 214 valence electrons. The molecule has 0 spiro atoms. The molecule has 0 radical (unpaired) electrons. The normalized spacial score (nSPS) is 36.1. The number of hydrogen-bond acceptors (Lipinski definition) is 6. The summed E-state index contributed by atoms with van der Waals surface area (Å²) in [5.41, 5.74) is 1.06. The molecule has 5 aliphatic rings. The van der Waals surface area contributed by atoms with Crippen LogP contribution in [-0.2, 0) is 19.6 Å². The second kappa shape index (κ2) is 9.49. The van der Waals surface area contributed by atoms with Gasteiger partial charge in [-0.25, -0.2) is 13.1 Å². The SMILES string of the molecule is CC1C2CC(C1NS(C)(=O)=O)C1C(=O)N(C[C@H]3C[C@@H]3CN3CCC(n4c(=O)ccc5ccccc54)CC3)C(=O)C21. The van der Waals surface area contributed by atoms with Crippen LogP contribution in [0.1, 0.15) is 38.6 Å². The average molecular weight is 567 g/mol. The third-order valence-corrected chi connectivity index (χ3v) is 11.4. The molecule has 2 aliphatic heterocycles. The number of piperidine rings is 1. The van der Waals surface area contributed by atoms with Gasteiger partial charge in [-0.1, -0.05) is 25.1 Å². The number of benzene rings is 1. The molecule has 6 unspecified atom stereocenters. The lowest BCUT2D eigenvalue weighted by molar-refractivity contribution is -0.141. The second-order valence-electron chi connectivity index (χ2n) is 13.1. The van der Waals surface area contributed by atoms with Crippen molar-refractivity contribution in [2.75, 3.05) is 32.4 Å². The number of imide groups is 1. The molecule has 2 saturated heterocycles. The fourth-order valence-corrected chi connectivity index (χ4v) is 9.62. The van der Waals surface area contributed by atoms with Crippen LogP contribution in [0.25, 0.3) is 10.9 Å². The fourth-order valence-electron chi connectivity index (χ4n) is 8.74. The number of carbonyl (C=O) groups excluding carboxylic acids is 2. The topological polar surface area (TPSA) is 109 Å². The zero-order valence-corrected chi connectivity index (χ0v) is 23.9. The van der Waals surface area contributed by atoms with Gasteiger partial charge < -0.3 is 9.47 Å². The van der Waals surface area contributed by atoms with Crippen molar-refractivity contribution in [2.24, 2.45) is 41.4 Å². The standard InChI is InChI=1S/C30H38N4O5S/c1-17-22-14-23(28(17)31-40(2,38)39)27-26(22)29(36)33(30(27)37)16-20-13-19(20)15-32-11-9-21(10-12-32)34-24-6-4-3-5-18(24)7-8-25(34)35/h3-8,17,19-23,26-28,31H,9-16H2,1-2H3/t17?,19-,20-,22?,23?,26?,27?,28?/m1/s1. The molecule has 2 bridgehead atoms. The molecule has 3 heterocycles. The molecule has 8 atom stereocenters. The summed E-state index contributed by atoms with van der Waals surface area (Å²) >= 11 is 0. The van der Waals surface area contributed by atoms with Gasteiger partial charge >= 0.3 is 0 Å². The number of amides is 2. The van der Waals surface area contributed by atoms with Crippen LogP contribution >= 0.6 is 0 Å². The summed E-state index contributed by atoms with van der Waals surface area (Å²) in [6.45, 7) is 5.35. The van der Waals surface area contributed by atoms with Crippen molar-refractivity contribution in [3.05, 3.63) is 46.8 Å². The molecule has 2 aromatic rings. The van der Waals surface area contributed by atoms with Crippen molar-refractivity contribution in [1.29, 1.82) is 0 Å². The van der Waals surface area contributed by atoms with E-state index >= 15 is 0 Å². The van der Waals surface area contributed by atoms with Crippen LogP contribution in [0.3, 0.4) is 0 Å². The van der Waals surface area contributed by atoms with Crippen molar-refractivity contribution in [2.45, 2.75) is 44.7 Å². The second-order valence-corrected chi connectivity index (χ2v) is 14.8. The molecule has 1 N–H and O–H groups in total. The van der Waals surface area contributed by atoms with Crippen LogP contribution < -0.4 is 10.3 Å². The minimum atomic E-state index is -3.38. The van der Waals surface area contributed by atoms with E-state index in [1.54, 1.807) is 6.07 Å². The lowest BCUT2D eigenvalue weighted by Crippen LogP contribution is -2.48. The Morgan fingerprint density at radius 1 is 0.875 bits per heavy atom. The highest BCUT2D eigenvalue weighted by molar-refractivity contribution is 7.88. The molecule has 1 aromatic carbocycles. The Morgan fingerprint density at radius 2 is 1.55 bits per heavy atom. The maximum absolute atomic E-state index is 13.4. The molecule has 10 heteroatoms. The molecule has 7 rings (SSSR count). The van der Waals surface area contributed by atoms with Crippen LogP contribution in [0.15, 0.2) is 41.2 Å². The number of aromatic nitrogens is 1. The Morgan fingerprint density at radius 3 is 2.27 bits per heavy atom. The van der Waals surface area contributed by atoms with E-state index in [0.717, 1.165) is 62.5 Å². The van der Waals surface area contributed by atoms with Gasteiger partial charge in [-0.15, -0.1) is 0 Å². The molecule has 2 amide bonds. The number of likely N-dealkylation sites (tertiary alicyclic amines) is 2. The predicted molar refractivity (Wildman–Crippen MR) is 151 cm³/mol. The number of hydrogen-bond donors (Lipinski definition) is 1. The summed E-state index contributed by atoms with van der Waals surface area (Å²) < 4.78 is 28.6. The average Bonchev–Trinajstić information content (AvgIpc) is 3.30. The first-order valence-electron chi connectivity index (χ1n) is 14.8. The molecule has 40 heavy (non-hydrogen) atoms. The minimum Gasteiger partial charge on any atom is -0.305 e. The first kappa shape index (κ1) is 26.3. The van der Waals surface area contributed by atoms with Gasteiger partial charge in [-0.3, -0.25) is 19.3 Å². The number of carbonyl (C=O) groups is 2. The number of rotatable bonds is 7. The van der Waals surface area contributed by atoms with Crippen molar-refractivity contribution >= 4 is 32.7 Å². The highest BCUT2D eigenvalue weighted by Crippen LogP contribution is 2.59. The van der Waals surface area contributed by atoms with Gasteiger partial charge in [0.25, 0.3) is 5.56 Å². The van der Waals surface area contributed by atoms with Crippen molar-refractivity contribution < 1.29 is 18.0 Å². The van der Waals surface area contributed by atoms with Crippen LogP contribution in [0, 0.1) is 41.4 Å². The monoisotopic (exact) mass is 566 g/mol. The van der Waals surface area contributed by atoms with Gasteiger partial charge in [-0.05, 0) is 72.8 Å². The maximum Gasteiger partial charge on any atom is 0.251 e. The summed E-state index contributed by atoms with van der Waals surface area (Å²) in [4.78, 5) is 43.6. The van der Waals surface area contributed by atoms with Crippen LogP contribution in [0.5, 0.6) is 0 Å². The third kappa shape index (κ3) is 4.34. The highest BCUT2D eigenvalue weighted by Gasteiger charge is 2.66. The number of pyridine rings is 1. The molecule has 1 aromatic heterocycles. The molecule has 3 saturated carbocycles. The van der Waals surface area contributed by atoms with E-state index in [0.29, 0.717) is 18.4 Å². The summed E-state index contributed by atoms with van der Waals surface area (Å²) in [6.07, 6.45) is 4.80. The van der Waals surface area contributed by atoms with E-state index in [1.165, 1.54) is 4.90 Å². The zero-order valence-electron chi connectivity index (χ0n) is 23.1. The Balaban J connectivity index is 0.949. The van der Waals surface area contributed by atoms with Crippen LogP contribution in [-0.4, -0.2) is 73.1 Å². The van der Waals surface area contributed by atoms with E-state index in [4.69, 9.17) is 0 Å². The van der Waals surface area contributed by atoms with Crippen molar-refractivity contribution in [3.63, 3.8) is 0 Å². The van der Waals surface area contributed by atoms with E-state index in [-0.39, 0.29) is 59.0 Å². The Hall–Kier alpha value is -2.56. The van der Waals surface area contributed by atoms with Gasteiger partial charge in [0.15, 0.2) is 0 Å². The minimum absolute atomic E-state index is 0.0286. The largest absolute Gasteiger partial charge is 0.305 e. The number of nitrogens with zero attached hydrogens (tertiary/aromatic N) is 3. The van der Waals surface area contributed by atoms with E-state index in [9.17, 15) is 22.8 Å². The molecular weight excluding hydrogens is 528 g/mol. The number of nitrogens with one attached hydrogen (secondary N) is 1. The third-order valence-electron chi connectivity index (χ3n) is 10.7. The first-order chi connectivity index (χ1) is 19.1. The first-order valence-corrected chi connectivity index (χ1v) is 16.6. The lowest BCUT2D eigenvalue weighted by Gasteiger charge is -2.33.